The lowest BCUT2D eigenvalue weighted by Gasteiger charge is -2.26. The Kier molecular flexibility index (Phi) is 7.33. The van der Waals surface area contributed by atoms with Gasteiger partial charge < -0.3 is 9.84 Å². The van der Waals surface area contributed by atoms with E-state index < -0.39 is 6.10 Å². The molecule has 1 aliphatic rings. The summed E-state index contributed by atoms with van der Waals surface area (Å²) in [5, 5.41) is 9.80. The zero-order valence-corrected chi connectivity index (χ0v) is 11.9. The number of ether oxygens (including phenoxy) is 1. The van der Waals surface area contributed by atoms with Gasteiger partial charge in [-0.1, -0.05) is 46.0 Å². The van der Waals surface area contributed by atoms with Crippen molar-refractivity contribution in [1.29, 1.82) is 0 Å². The first-order chi connectivity index (χ1) is 8.69. The van der Waals surface area contributed by atoms with Crippen LogP contribution in [-0.2, 0) is 9.53 Å². The largest absolute Gasteiger partial charge is 0.465 e. The molecule has 0 bridgehead atoms. The minimum atomic E-state index is -0.484. The van der Waals surface area contributed by atoms with Gasteiger partial charge in [-0.15, -0.1) is 0 Å². The maximum atomic E-state index is 11.9. The molecule has 106 valence electrons. The van der Waals surface area contributed by atoms with Gasteiger partial charge in [0.05, 0.1) is 18.6 Å². The van der Waals surface area contributed by atoms with Crippen LogP contribution in [-0.4, -0.2) is 23.8 Å². The molecular weight excluding hydrogens is 228 g/mol. The summed E-state index contributed by atoms with van der Waals surface area (Å²) in [5.41, 5.74) is 0. The number of unbranched alkanes of at least 4 members (excludes halogenated alkanes) is 1. The molecule has 0 aromatic rings. The Morgan fingerprint density at radius 3 is 2.67 bits per heavy atom. The summed E-state index contributed by atoms with van der Waals surface area (Å²) < 4.78 is 5.40. The van der Waals surface area contributed by atoms with Gasteiger partial charge in [-0.2, -0.15) is 0 Å². The molecule has 1 N–H and O–H groups in total. The minimum Gasteiger partial charge on any atom is -0.465 e. The normalized spacial score (nSPS) is 25.7. The van der Waals surface area contributed by atoms with Crippen molar-refractivity contribution in [2.24, 2.45) is 11.8 Å². The molecule has 0 aromatic carbocycles. The highest BCUT2D eigenvalue weighted by atomic mass is 16.5. The molecule has 0 aromatic heterocycles. The van der Waals surface area contributed by atoms with Crippen molar-refractivity contribution in [2.75, 3.05) is 6.61 Å². The number of aliphatic hydroxyl groups excluding tert-OH is 1. The standard InChI is InChI=1S/C15H28O3/c1-3-5-8-12(4-2)11-18-15(17)13-9-6-7-10-14(13)16/h12-14,16H,3-11H2,1-2H3/t12-,13-,14-/m1/s1. The Bertz CT molecular complexity index is 240. The third-order valence-corrected chi connectivity index (χ3v) is 4.04. The Labute approximate surface area is 111 Å². The molecule has 1 rings (SSSR count). The van der Waals surface area contributed by atoms with Gasteiger partial charge in [-0.25, -0.2) is 0 Å². The van der Waals surface area contributed by atoms with E-state index in [0.29, 0.717) is 12.5 Å². The van der Waals surface area contributed by atoms with Crippen LogP contribution in [0.25, 0.3) is 0 Å². The van der Waals surface area contributed by atoms with E-state index in [1.807, 2.05) is 0 Å². The van der Waals surface area contributed by atoms with E-state index in [9.17, 15) is 9.90 Å². The maximum Gasteiger partial charge on any atom is 0.311 e. The fourth-order valence-electron chi connectivity index (χ4n) is 2.59. The predicted molar refractivity (Wildman–Crippen MR) is 72.2 cm³/mol. The van der Waals surface area contributed by atoms with Crippen molar-refractivity contribution in [1.82, 2.24) is 0 Å². The molecule has 3 heteroatoms. The van der Waals surface area contributed by atoms with Crippen LogP contribution in [0.5, 0.6) is 0 Å². The first kappa shape index (κ1) is 15.5. The number of aliphatic hydroxyl groups is 1. The van der Waals surface area contributed by atoms with Crippen LogP contribution < -0.4 is 0 Å². The van der Waals surface area contributed by atoms with Crippen LogP contribution in [0.2, 0.25) is 0 Å². The molecule has 1 saturated carbocycles. The molecule has 0 heterocycles. The summed E-state index contributed by atoms with van der Waals surface area (Å²) in [6.45, 7) is 4.85. The van der Waals surface area contributed by atoms with E-state index in [-0.39, 0.29) is 11.9 Å². The lowest BCUT2D eigenvalue weighted by Crippen LogP contribution is -2.33. The minimum absolute atomic E-state index is 0.183. The summed E-state index contributed by atoms with van der Waals surface area (Å²) in [6.07, 6.45) is 7.67. The van der Waals surface area contributed by atoms with Gasteiger partial charge in [0.25, 0.3) is 0 Å². The van der Waals surface area contributed by atoms with Crippen LogP contribution >= 0.6 is 0 Å². The zero-order valence-electron chi connectivity index (χ0n) is 11.9. The van der Waals surface area contributed by atoms with E-state index in [4.69, 9.17) is 4.74 Å². The van der Waals surface area contributed by atoms with Crippen molar-refractivity contribution in [3.8, 4) is 0 Å². The molecule has 0 amide bonds. The quantitative estimate of drug-likeness (QED) is 0.711. The SMILES string of the molecule is CCCC[C@@H](CC)COC(=O)[C@@H]1CCCC[C@H]1O. The molecular formula is C15H28O3. The number of hydrogen-bond acceptors (Lipinski definition) is 3. The van der Waals surface area contributed by atoms with Gasteiger partial charge in [-0.05, 0) is 25.2 Å². The molecule has 0 saturated heterocycles. The number of rotatable bonds is 7. The number of esters is 1. The molecule has 0 aliphatic heterocycles. The smallest absolute Gasteiger partial charge is 0.311 e. The predicted octanol–water partition coefficient (Wildman–Crippen LogP) is 3.30. The van der Waals surface area contributed by atoms with Crippen molar-refractivity contribution in [3.05, 3.63) is 0 Å². The lowest BCUT2D eigenvalue weighted by molar-refractivity contribution is -0.155. The zero-order chi connectivity index (χ0) is 13.4. The van der Waals surface area contributed by atoms with E-state index in [1.54, 1.807) is 0 Å². The van der Waals surface area contributed by atoms with Crippen molar-refractivity contribution < 1.29 is 14.6 Å². The van der Waals surface area contributed by atoms with Crippen molar-refractivity contribution in [3.63, 3.8) is 0 Å². The highest BCUT2D eigenvalue weighted by Crippen LogP contribution is 2.26. The third-order valence-electron chi connectivity index (χ3n) is 4.04. The summed E-state index contributed by atoms with van der Waals surface area (Å²) >= 11 is 0. The van der Waals surface area contributed by atoms with E-state index in [1.165, 1.54) is 12.8 Å². The maximum absolute atomic E-state index is 11.9. The van der Waals surface area contributed by atoms with E-state index in [2.05, 4.69) is 13.8 Å². The Morgan fingerprint density at radius 2 is 2.06 bits per heavy atom. The second-order valence-corrected chi connectivity index (χ2v) is 5.50. The second-order valence-electron chi connectivity index (χ2n) is 5.50. The Hall–Kier alpha value is -0.570. The van der Waals surface area contributed by atoms with Crippen LogP contribution in [0.4, 0.5) is 0 Å². The van der Waals surface area contributed by atoms with Crippen LogP contribution in [0.1, 0.15) is 65.2 Å². The number of carbonyl (C=O) groups excluding carboxylic acids is 1. The fraction of sp³-hybridized carbons (Fsp3) is 0.933. The summed E-state index contributed by atoms with van der Waals surface area (Å²) in [5.74, 6) is 0.0224. The van der Waals surface area contributed by atoms with E-state index >= 15 is 0 Å². The molecule has 1 aliphatic carbocycles. The number of hydrogen-bond donors (Lipinski definition) is 1. The summed E-state index contributed by atoms with van der Waals surface area (Å²) in [7, 11) is 0. The average molecular weight is 256 g/mol. The fourth-order valence-corrected chi connectivity index (χ4v) is 2.59. The van der Waals surface area contributed by atoms with Crippen LogP contribution in [0.15, 0.2) is 0 Å². The van der Waals surface area contributed by atoms with Gasteiger partial charge in [0.15, 0.2) is 0 Å². The van der Waals surface area contributed by atoms with Crippen LogP contribution in [0, 0.1) is 11.8 Å². The molecule has 18 heavy (non-hydrogen) atoms. The monoisotopic (exact) mass is 256 g/mol. The Morgan fingerprint density at radius 1 is 1.33 bits per heavy atom. The van der Waals surface area contributed by atoms with Crippen LogP contribution in [0.3, 0.4) is 0 Å². The summed E-state index contributed by atoms with van der Waals surface area (Å²) in [6, 6.07) is 0. The molecule has 1 fully saturated rings. The molecule has 0 unspecified atom stereocenters. The highest BCUT2D eigenvalue weighted by molar-refractivity contribution is 5.73. The van der Waals surface area contributed by atoms with Gasteiger partial charge >= 0.3 is 5.97 Å². The highest BCUT2D eigenvalue weighted by Gasteiger charge is 2.30. The first-order valence-electron chi connectivity index (χ1n) is 7.53. The van der Waals surface area contributed by atoms with Gasteiger partial charge in [0.1, 0.15) is 0 Å². The molecule has 3 atom stereocenters. The third kappa shape index (κ3) is 4.97. The molecule has 0 radical (unpaired) electrons. The average Bonchev–Trinajstić information content (AvgIpc) is 2.39. The first-order valence-corrected chi connectivity index (χ1v) is 7.53. The van der Waals surface area contributed by atoms with Crippen molar-refractivity contribution >= 4 is 5.97 Å². The topological polar surface area (TPSA) is 46.5 Å². The van der Waals surface area contributed by atoms with Gasteiger partial charge in [0, 0.05) is 0 Å². The van der Waals surface area contributed by atoms with Gasteiger partial charge in [0.2, 0.25) is 0 Å². The van der Waals surface area contributed by atoms with E-state index in [0.717, 1.165) is 38.5 Å². The summed E-state index contributed by atoms with van der Waals surface area (Å²) in [4.78, 5) is 11.9. The Balaban J connectivity index is 2.29. The lowest BCUT2D eigenvalue weighted by atomic mass is 9.86. The number of carbonyl (C=O) groups is 1. The van der Waals surface area contributed by atoms with Gasteiger partial charge in [-0.3, -0.25) is 4.79 Å². The molecule has 0 spiro atoms. The molecule has 3 nitrogen and oxygen atoms in total. The van der Waals surface area contributed by atoms with Crippen molar-refractivity contribution in [2.45, 2.75) is 71.3 Å². The second kappa shape index (κ2) is 8.52.